The first-order chi connectivity index (χ1) is 13.4. The molecule has 2 aromatic heterocycles. The quantitative estimate of drug-likeness (QED) is 0.563. The SMILES string of the molecule is CC(C)(C)c1cc(CC(=O)[C@@H]2CCC(=O)N2c2ccc(C(F)(F)F)c(F)n2)on1. The predicted molar refractivity (Wildman–Crippen MR) is 93.6 cm³/mol. The maximum Gasteiger partial charge on any atom is 0.420 e. The number of anilines is 1. The van der Waals surface area contributed by atoms with E-state index >= 15 is 0 Å². The van der Waals surface area contributed by atoms with Crippen LogP contribution in [-0.4, -0.2) is 27.9 Å². The molecule has 10 heteroatoms. The van der Waals surface area contributed by atoms with Crippen LogP contribution in [0.4, 0.5) is 23.4 Å². The molecule has 0 aromatic carbocycles. The number of rotatable bonds is 4. The number of halogens is 4. The monoisotopic (exact) mass is 413 g/mol. The molecular weight excluding hydrogens is 394 g/mol. The van der Waals surface area contributed by atoms with Gasteiger partial charge in [0, 0.05) is 17.9 Å². The molecule has 1 aliphatic rings. The van der Waals surface area contributed by atoms with Crippen LogP contribution in [0.15, 0.2) is 22.7 Å². The van der Waals surface area contributed by atoms with Crippen LogP contribution in [0.2, 0.25) is 0 Å². The fourth-order valence-electron chi connectivity index (χ4n) is 3.09. The van der Waals surface area contributed by atoms with Crippen molar-refractivity contribution in [3.05, 3.63) is 41.2 Å². The third-order valence-electron chi connectivity index (χ3n) is 4.65. The number of Topliss-reactive ketones (excluding diaryl/α,β-unsaturated/α-hetero) is 1. The Morgan fingerprint density at radius 3 is 2.52 bits per heavy atom. The number of carbonyl (C=O) groups excluding carboxylic acids is 2. The summed E-state index contributed by atoms with van der Waals surface area (Å²) < 4.78 is 57.2. The van der Waals surface area contributed by atoms with E-state index in [0.29, 0.717) is 17.5 Å². The second-order valence-electron chi connectivity index (χ2n) is 7.90. The summed E-state index contributed by atoms with van der Waals surface area (Å²) >= 11 is 0. The maximum absolute atomic E-state index is 13.8. The molecule has 3 rings (SSSR count). The first-order valence-corrected chi connectivity index (χ1v) is 8.92. The molecule has 1 aliphatic heterocycles. The fraction of sp³-hybridized carbons (Fsp3) is 0.474. The van der Waals surface area contributed by atoms with Gasteiger partial charge in [0.1, 0.15) is 17.1 Å². The van der Waals surface area contributed by atoms with Gasteiger partial charge in [-0.15, -0.1) is 0 Å². The Hall–Kier alpha value is -2.78. The first kappa shape index (κ1) is 20.9. The minimum Gasteiger partial charge on any atom is -0.361 e. The van der Waals surface area contributed by atoms with Crippen molar-refractivity contribution in [3.63, 3.8) is 0 Å². The fourth-order valence-corrected chi connectivity index (χ4v) is 3.09. The van der Waals surface area contributed by atoms with Crippen LogP contribution in [0.1, 0.15) is 50.6 Å². The topological polar surface area (TPSA) is 76.3 Å². The zero-order chi connectivity index (χ0) is 21.6. The largest absolute Gasteiger partial charge is 0.420 e. The summed E-state index contributed by atoms with van der Waals surface area (Å²) in [6.07, 6.45) is -4.90. The highest BCUT2D eigenvalue weighted by Crippen LogP contribution is 2.33. The Morgan fingerprint density at radius 1 is 1.28 bits per heavy atom. The molecule has 0 unspecified atom stereocenters. The minimum atomic E-state index is -4.91. The van der Waals surface area contributed by atoms with E-state index in [0.717, 1.165) is 11.0 Å². The molecule has 0 spiro atoms. The lowest BCUT2D eigenvalue weighted by atomic mass is 9.92. The van der Waals surface area contributed by atoms with Crippen molar-refractivity contribution in [1.82, 2.24) is 10.1 Å². The van der Waals surface area contributed by atoms with Crippen LogP contribution in [0.5, 0.6) is 0 Å². The first-order valence-electron chi connectivity index (χ1n) is 8.92. The van der Waals surface area contributed by atoms with Crippen molar-refractivity contribution in [2.75, 3.05) is 4.90 Å². The lowest BCUT2D eigenvalue weighted by Crippen LogP contribution is -2.40. The number of alkyl halides is 3. The molecule has 3 heterocycles. The van der Waals surface area contributed by atoms with Crippen LogP contribution < -0.4 is 4.90 Å². The molecule has 2 aromatic rings. The van der Waals surface area contributed by atoms with Crippen molar-refractivity contribution < 1.29 is 31.7 Å². The maximum atomic E-state index is 13.8. The highest BCUT2D eigenvalue weighted by molar-refractivity contribution is 6.04. The van der Waals surface area contributed by atoms with Crippen LogP contribution in [0.25, 0.3) is 0 Å². The number of ketones is 1. The van der Waals surface area contributed by atoms with Gasteiger partial charge in [-0.3, -0.25) is 14.5 Å². The van der Waals surface area contributed by atoms with Crippen molar-refractivity contribution in [1.29, 1.82) is 0 Å². The van der Waals surface area contributed by atoms with Crippen molar-refractivity contribution >= 4 is 17.5 Å². The molecule has 0 bridgehead atoms. The molecule has 1 atom stereocenters. The molecule has 1 saturated heterocycles. The molecule has 1 fully saturated rings. The van der Waals surface area contributed by atoms with Gasteiger partial charge in [0.2, 0.25) is 11.9 Å². The highest BCUT2D eigenvalue weighted by atomic mass is 19.4. The third kappa shape index (κ3) is 4.30. The molecule has 0 radical (unpaired) electrons. The second kappa shape index (κ2) is 7.23. The summed E-state index contributed by atoms with van der Waals surface area (Å²) in [6, 6.07) is 2.09. The van der Waals surface area contributed by atoms with Crippen LogP contribution >= 0.6 is 0 Å². The summed E-state index contributed by atoms with van der Waals surface area (Å²) in [5.74, 6) is -2.67. The average Bonchev–Trinajstić information content (AvgIpc) is 3.20. The molecular formula is C19H19F4N3O3. The summed E-state index contributed by atoms with van der Waals surface area (Å²) in [6.45, 7) is 5.79. The standard InChI is InChI=1S/C19H19F4N3O3/c1-18(2,3)14-9-10(29-25-14)8-13(27)12-5-7-16(28)26(12)15-6-4-11(17(20)24-15)19(21,22)23/h4,6,9,12H,5,7-8H2,1-3H3/t12-/m0/s1. The number of hydrogen-bond acceptors (Lipinski definition) is 5. The average molecular weight is 413 g/mol. The van der Waals surface area contributed by atoms with E-state index in [1.807, 2.05) is 20.8 Å². The zero-order valence-corrected chi connectivity index (χ0v) is 16.0. The summed E-state index contributed by atoms with van der Waals surface area (Å²) in [4.78, 5) is 29.2. The number of hydrogen-bond donors (Lipinski definition) is 0. The van der Waals surface area contributed by atoms with Gasteiger partial charge in [0.05, 0.1) is 18.2 Å². The molecule has 0 saturated carbocycles. The Bertz CT molecular complexity index is 947. The van der Waals surface area contributed by atoms with Gasteiger partial charge < -0.3 is 4.52 Å². The Balaban J connectivity index is 1.82. The van der Waals surface area contributed by atoms with E-state index in [4.69, 9.17) is 4.52 Å². The number of carbonyl (C=O) groups is 2. The third-order valence-corrected chi connectivity index (χ3v) is 4.65. The van der Waals surface area contributed by atoms with E-state index in [1.165, 1.54) is 0 Å². The lowest BCUT2D eigenvalue weighted by molar-refractivity contribution is -0.140. The molecule has 1 amide bonds. The van der Waals surface area contributed by atoms with Crippen LogP contribution in [-0.2, 0) is 27.6 Å². The summed E-state index contributed by atoms with van der Waals surface area (Å²) in [5.41, 5.74) is -1.15. The molecule has 6 nitrogen and oxygen atoms in total. The van der Waals surface area contributed by atoms with E-state index in [9.17, 15) is 27.2 Å². The number of amides is 1. The number of pyridine rings is 1. The molecule has 29 heavy (non-hydrogen) atoms. The number of nitrogens with zero attached hydrogens (tertiary/aromatic N) is 3. The highest BCUT2D eigenvalue weighted by Gasteiger charge is 2.40. The van der Waals surface area contributed by atoms with Crippen molar-refractivity contribution in [2.45, 2.75) is 57.7 Å². The number of aromatic nitrogens is 2. The Labute approximate surface area is 163 Å². The van der Waals surface area contributed by atoms with Crippen LogP contribution in [0.3, 0.4) is 0 Å². The van der Waals surface area contributed by atoms with E-state index in [1.54, 1.807) is 6.07 Å². The van der Waals surface area contributed by atoms with Gasteiger partial charge in [-0.2, -0.15) is 17.6 Å². The summed E-state index contributed by atoms with van der Waals surface area (Å²) in [5, 5.41) is 3.93. The minimum absolute atomic E-state index is 0.00434. The smallest absolute Gasteiger partial charge is 0.361 e. The van der Waals surface area contributed by atoms with Gasteiger partial charge >= 0.3 is 6.18 Å². The zero-order valence-electron chi connectivity index (χ0n) is 16.0. The molecule has 0 N–H and O–H groups in total. The van der Waals surface area contributed by atoms with Crippen molar-refractivity contribution in [2.24, 2.45) is 0 Å². The van der Waals surface area contributed by atoms with Crippen molar-refractivity contribution in [3.8, 4) is 0 Å². The van der Waals surface area contributed by atoms with E-state index in [2.05, 4.69) is 10.1 Å². The predicted octanol–water partition coefficient (Wildman–Crippen LogP) is 3.83. The van der Waals surface area contributed by atoms with Gasteiger partial charge in [0.15, 0.2) is 5.78 Å². The van der Waals surface area contributed by atoms with Gasteiger partial charge in [0.25, 0.3) is 0 Å². The molecule has 156 valence electrons. The summed E-state index contributed by atoms with van der Waals surface area (Å²) in [7, 11) is 0. The van der Waals surface area contributed by atoms with E-state index in [-0.39, 0.29) is 30.5 Å². The van der Waals surface area contributed by atoms with Crippen LogP contribution in [0, 0.1) is 5.95 Å². The second-order valence-corrected chi connectivity index (χ2v) is 7.90. The Morgan fingerprint density at radius 2 is 1.97 bits per heavy atom. The lowest BCUT2D eigenvalue weighted by Gasteiger charge is -2.23. The van der Waals surface area contributed by atoms with Gasteiger partial charge in [-0.25, -0.2) is 4.98 Å². The Kier molecular flexibility index (Phi) is 5.22. The normalized spacial score (nSPS) is 17.8. The van der Waals surface area contributed by atoms with Gasteiger partial charge in [-0.05, 0) is 18.6 Å². The molecule has 0 aliphatic carbocycles. The van der Waals surface area contributed by atoms with Gasteiger partial charge in [-0.1, -0.05) is 25.9 Å². The van der Waals surface area contributed by atoms with E-state index < -0.39 is 35.4 Å².